The van der Waals surface area contributed by atoms with Crippen LogP contribution in [0.3, 0.4) is 0 Å². The quantitative estimate of drug-likeness (QED) is 0.568. The normalized spacial score (nSPS) is 15.5. The number of amides is 1. The van der Waals surface area contributed by atoms with Gasteiger partial charge in [-0.25, -0.2) is 0 Å². The number of rotatable bonds is 8. The van der Waals surface area contributed by atoms with Gasteiger partial charge in [0.15, 0.2) is 6.29 Å². The van der Waals surface area contributed by atoms with E-state index in [1.807, 2.05) is 19.1 Å². The number of hydrogen-bond donors (Lipinski definition) is 1. The predicted molar refractivity (Wildman–Crippen MR) is 108 cm³/mol. The van der Waals surface area contributed by atoms with E-state index in [4.69, 9.17) is 14.0 Å². The monoisotopic (exact) mass is 411 g/mol. The van der Waals surface area contributed by atoms with Crippen molar-refractivity contribution in [2.24, 2.45) is 0 Å². The molecule has 0 saturated heterocycles. The van der Waals surface area contributed by atoms with Gasteiger partial charge in [-0.05, 0) is 30.0 Å². The van der Waals surface area contributed by atoms with Crippen LogP contribution in [0.25, 0.3) is 11.4 Å². The molecule has 2 heterocycles. The molecular formula is C21H25N5O4. The Morgan fingerprint density at radius 2 is 2.20 bits per heavy atom. The fourth-order valence-corrected chi connectivity index (χ4v) is 3.64. The highest BCUT2D eigenvalue weighted by molar-refractivity contribution is 5.94. The zero-order chi connectivity index (χ0) is 21.1. The number of nitrogens with one attached hydrogen (secondary N) is 1. The summed E-state index contributed by atoms with van der Waals surface area (Å²) >= 11 is 0. The molecule has 1 aromatic carbocycles. The van der Waals surface area contributed by atoms with Crippen LogP contribution in [-0.4, -0.2) is 46.3 Å². The van der Waals surface area contributed by atoms with Crippen LogP contribution < -0.4 is 5.32 Å². The van der Waals surface area contributed by atoms with Gasteiger partial charge in [0.1, 0.15) is 0 Å². The standard InChI is InChI=1S/C21H25N5O4/c1-4-18-24-20(25-30-18)14-5-7-16-13(9-14)6-8-17(16)23-21(27)15-10-22-26(11-15)12-19(28-2)29-3/h5,7,9-11,17,19H,4,6,8,12H2,1-3H3,(H,23,27)/t17-/m1/s1. The maximum atomic E-state index is 12.7. The first-order chi connectivity index (χ1) is 14.6. The van der Waals surface area contributed by atoms with E-state index in [0.717, 1.165) is 24.0 Å². The number of carbonyl (C=O) groups excluding carboxylic acids is 1. The Morgan fingerprint density at radius 3 is 2.93 bits per heavy atom. The van der Waals surface area contributed by atoms with Crippen LogP contribution in [0.5, 0.6) is 0 Å². The first-order valence-corrected chi connectivity index (χ1v) is 9.96. The van der Waals surface area contributed by atoms with Crippen molar-refractivity contribution < 1.29 is 18.8 Å². The molecule has 2 aromatic heterocycles. The topological polar surface area (TPSA) is 104 Å². The van der Waals surface area contributed by atoms with Crippen molar-refractivity contribution in [2.45, 2.75) is 45.1 Å². The van der Waals surface area contributed by atoms with Gasteiger partial charge in [-0.3, -0.25) is 9.48 Å². The van der Waals surface area contributed by atoms with Crippen LogP contribution in [-0.2, 0) is 28.9 Å². The van der Waals surface area contributed by atoms with Gasteiger partial charge >= 0.3 is 0 Å². The molecule has 1 amide bonds. The minimum absolute atomic E-state index is 0.0351. The molecule has 1 aliphatic rings. The summed E-state index contributed by atoms with van der Waals surface area (Å²) in [5.41, 5.74) is 3.75. The second kappa shape index (κ2) is 8.76. The zero-order valence-electron chi connectivity index (χ0n) is 17.3. The Labute approximate surface area is 174 Å². The Hall–Kier alpha value is -3.04. The predicted octanol–water partition coefficient (Wildman–Crippen LogP) is 2.53. The van der Waals surface area contributed by atoms with Crippen LogP contribution in [0.1, 0.15) is 46.8 Å². The molecule has 30 heavy (non-hydrogen) atoms. The van der Waals surface area contributed by atoms with E-state index in [-0.39, 0.29) is 11.9 Å². The van der Waals surface area contributed by atoms with Crippen LogP contribution >= 0.6 is 0 Å². The largest absolute Gasteiger partial charge is 0.354 e. The van der Waals surface area contributed by atoms with Gasteiger partial charge in [-0.1, -0.05) is 24.2 Å². The average Bonchev–Trinajstić information content (AvgIpc) is 3.51. The lowest BCUT2D eigenvalue weighted by Crippen LogP contribution is -2.27. The van der Waals surface area contributed by atoms with Crippen molar-refractivity contribution in [1.29, 1.82) is 0 Å². The molecule has 0 unspecified atom stereocenters. The molecule has 0 aliphatic heterocycles. The Bertz CT molecular complexity index is 1020. The Kier molecular flexibility index (Phi) is 5.91. The molecule has 4 rings (SSSR count). The van der Waals surface area contributed by atoms with Crippen molar-refractivity contribution in [3.63, 3.8) is 0 Å². The number of fused-ring (bicyclic) bond motifs is 1. The average molecular weight is 411 g/mol. The Morgan fingerprint density at radius 1 is 1.37 bits per heavy atom. The highest BCUT2D eigenvalue weighted by atomic mass is 16.7. The summed E-state index contributed by atoms with van der Waals surface area (Å²) in [5.74, 6) is 1.07. The summed E-state index contributed by atoms with van der Waals surface area (Å²) in [6.07, 6.45) is 5.28. The first-order valence-electron chi connectivity index (χ1n) is 9.96. The van der Waals surface area contributed by atoms with E-state index in [1.54, 1.807) is 31.3 Å². The van der Waals surface area contributed by atoms with Gasteiger partial charge in [-0.2, -0.15) is 10.1 Å². The lowest BCUT2D eigenvalue weighted by molar-refractivity contribution is -0.112. The first kappa shape index (κ1) is 20.2. The van der Waals surface area contributed by atoms with E-state index < -0.39 is 6.29 Å². The number of aromatic nitrogens is 4. The maximum Gasteiger partial charge on any atom is 0.254 e. The molecule has 1 aliphatic carbocycles. The molecule has 3 aromatic rings. The van der Waals surface area contributed by atoms with Gasteiger partial charge in [0, 0.05) is 32.4 Å². The molecule has 0 spiro atoms. The minimum Gasteiger partial charge on any atom is -0.354 e. The third-order valence-electron chi connectivity index (χ3n) is 5.31. The van der Waals surface area contributed by atoms with Gasteiger partial charge in [0.05, 0.1) is 24.3 Å². The third kappa shape index (κ3) is 4.12. The summed E-state index contributed by atoms with van der Waals surface area (Å²) < 4.78 is 17.2. The minimum atomic E-state index is -0.413. The number of carbonyl (C=O) groups is 1. The van der Waals surface area contributed by atoms with E-state index in [9.17, 15) is 4.79 Å². The van der Waals surface area contributed by atoms with Crippen molar-refractivity contribution in [3.05, 3.63) is 53.2 Å². The molecule has 0 radical (unpaired) electrons. The van der Waals surface area contributed by atoms with Crippen molar-refractivity contribution >= 4 is 5.91 Å². The highest BCUT2D eigenvalue weighted by Crippen LogP contribution is 2.34. The van der Waals surface area contributed by atoms with Crippen LogP contribution in [0.2, 0.25) is 0 Å². The van der Waals surface area contributed by atoms with Crippen LogP contribution in [0.15, 0.2) is 35.1 Å². The van der Waals surface area contributed by atoms with Gasteiger partial charge in [0.25, 0.3) is 5.91 Å². The summed E-state index contributed by atoms with van der Waals surface area (Å²) in [4.78, 5) is 17.1. The molecule has 1 atom stereocenters. The Balaban J connectivity index is 1.43. The van der Waals surface area contributed by atoms with E-state index in [0.29, 0.717) is 30.2 Å². The fourth-order valence-electron chi connectivity index (χ4n) is 3.64. The van der Waals surface area contributed by atoms with E-state index >= 15 is 0 Å². The van der Waals surface area contributed by atoms with E-state index in [1.165, 1.54) is 5.56 Å². The number of ether oxygens (including phenoxy) is 2. The number of methoxy groups -OCH3 is 2. The van der Waals surface area contributed by atoms with Gasteiger partial charge < -0.3 is 19.3 Å². The SMILES string of the molecule is CCc1nc(-c2ccc3c(c2)CC[C@H]3NC(=O)c2cnn(CC(OC)OC)c2)no1. The molecule has 158 valence electrons. The zero-order valence-corrected chi connectivity index (χ0v) is 17.3. The summed E-state index contributed by atoms with van der Waals surface area (Å²) in [7, 11) is 3.13. The third-order valence-corrected chi connectivity index (χ3v) is 5.31. The lowest BCUT2D eigenvalue weighted by atomic mass is 10.0. The summed E-state index contributed by atoms with van der Waals surface area (Å²) in [6.45, 7) is 2.38. The van der Waals surface area contributed by atoms with Crippen LogP contribution in [0.4, 0.5) is 0 Å². The molecule has 1 N–H and O–H groups in total. The molecule has 9 heteroatoms. The van der Waals surface area contributed by atoms with Crippen molar-refractivity contribution in [2.75, 3.05) is 14.2 Å². The van der Waals surface area contributed by atoms with E-state index in [2.05, 4.69) is 26.6 Å². The number of aryl methyl sites for hydroxylation is 2. The summed E-state index contributed by atoms with van der Waals surface area (Å²) in [5, 5.41) is 11.4. The molecule has 0 fully saturated rings. The highest BCUT2D eigenvalue weighted by Gasteiger charge is 2.26. The maximum absolute atomic E-state index is 12.7. The van der Waals surface area contributed by atoms with Gasteiger partial charge in [0.2, 0.25) is 11.7 Å². The molecule has 9 nitrogen and oxygen atoms in total. The smallest absolute Gasteiger partial charge is 0.254 e. The number of hydrogen-bond acceptors (Lipinski definition) is 7. The van der Waals surface area contributed by atoms with Crippen LogP contribution in [0, 0.1) is 0 Å². The molecular weight excluding hydrogens is 386 g/mol. The fraction of sp³-hybridized carbons (Fsp3) is 0.429. The lowest BCUT2D eigenvalue weighted by Gasteiger charge is -2.14. The number of benzene rings is 1. The molecule has 0 saturated carbocycles. The number of nitrogens with zero attached hydrogens (tertiary/aromatic N) is 4. The van der Waals surface area contributed by atoms with Gasteiger partial charge in [-0.15, -0.1) is 0 Å². The summed E-state index contributed by atoms with van der Waals surface area (Å²) in [6, 6.07) is 6.06. The second-order valence-corrected chi connectivity index (χ2v) is 7.20. The van der Waals surface area contributed by atoms with Crippen molar-refractivity contribution in [1.82, 2.24) is 25.2 Å². The molecule has 0 bridgehead atoms. The second-order valence-electron chi connectivity index (χ2n) is 7.20. The van der Waals surface area contributed by atoms with Crippen molar-refractivity contribution in [3.8, 4) is 11.4 Å².